The molecule has 0 spiro atoms. The Kier molecular flexibility index (Phi) is 5.64. The molecule has 0 bridgehead atoms. The lowest BCUT2D eigenvalue weighted by atomic mass is 10.0. The Bertz CT molecular complexity index is 2780. The molecule has 7 heteroatoms. The second-order valence-electron chi connectivity index (χ2n) is 11.4. The van der Waals surface area contributed by atoms with Crippen molar-refractivity contribution in [1.29, 1.82) is 0 Å². The third-order valence-electron chi connectivity index (χ3n) is 8.59. The molecule has 0 N–H and O–H groups in total. The van der Waals surface area contributed by atoms with E-state index >= 15 is 0 Å². The summed E-state index contributed by atoms with van der Waals surface area (Å²) in [5, 5.41) is 4.34. The van der Waals surface area contributed by atoms with Crippen molar-refractivity contribution in [1.82, 2.24) is 19.9 Å². The van der Waals surface area contributed by atoms with Crippen molar-refractivity contribution in [3.8, 4) is 45.6 Å². The van der Waals surface area contributed by atoms with E-state index in [9.17, 15) is 0 Å². The van der Waals surface area contributed by atoms with Crippen LogP contribution < -0.4 is 0 Å². The van der Waals surface area contributed by atoms with Gasteiger partial charge in [-0.2, -0.15) is 0 Å². The summed E-state index contributed by atoms with van der Waals surface area (Å²) in [4.78, 5) is 20.0. The Morgan fingerprint density at radius 3 is 2.09 bits per heavy atom. The first-order chi connectivity index (χ1) is 23.3. The maximum absolute atomic E-state index is 6.43. The number of fused-ring (bicyclic) bond motifs is 7. The highest BCUT2D eigenvalue weighted by Gasteiger charge is 2.20. The van der Waals surface area contributed by atoms with E-state index in [0.29, 0.717) is 23.4 Å². The van der Waals surface area contributed by atoms with E-state index in [1.807, 2.05) is 78.9 Å². The molecule has 0 radical (unpaired) electrons. The van der Waals surface area contributed by atoms with Crippen LogP contribution in [0.25, 0.3) is 98.8 Å². The number of hydrogen-bond donors (Lipinski definition) is 0. The van der Waals surface area contributed by atoms with Crippen LogP contribution in [0.4, 0.5) is 0 Å². The van der Waals surface area contributed by atoms with E-state index < -0.39 is 0 Å². The van der Waals surface area contributed by atoms with Gasteiger partial charge >= 0.3 is 0 Å². The summed E-state index contributed by atoms with van der Waals surface area (Å²) >= 11 is 1.76. The number of rotatable bonds is 4. The molecular formula is C40H22N4O2S. The quantitative estimate of drug-likeness (QED) is 0.194. The Morgan fingerprint density at radius 1 is 0.447 bits per heavy atom. The van der Waals surface area contributed by atoms with E-state index in [1.165, 1.54) is 15.5 Å². The molecule has 220 valence electrons. The molecule has 6 aromatic carbocycles. The van der Waals surface area contributed by atoms with Gasteiger partial charge < -0.3 is 8.83 Å². The van der Waals surface area contributed by atoms with Gasteiger partial charge in [-0.05, 0) is 48.5 Å². The lowest BCUT2D eigenvalue weighted by molar-refractivity contribution is 0.619. The Hall–Kier alpha value is -6.18. The third-order valence-corrected chi connectivity index (χ3v) is 9.81. The number of furan rings is 1. The number of benzene rings is 6. The van der Waals surface area contributed by atoms with Crippen LogP contribution in [-0.2, 0) is 0 Å². The number of nitrogens with zero attached hydrogens (tertiary/aromatic N) is 4. The van der Waals surface area contributed by atoms with E-state index in [0.717, 1.165) is 60.0 Å². The molecule has 6 nitrogen and oxygen atoms in total. The highest BCUT2D eigenvalue weighted by Crippen LogP contribution is 2.41. The fourth-order valence-electron chi connectivity index (χ4n) is 6.40. The molecule has 0 aliphatic heterocycles. The Morgan fingerprint density at radius 2 is 1.17 bits per heavy atom. The minimum atomic E-state index is 0.554. The van der Waals surface area contributed by atoms with Gasteiger partial charge in [-0.25, -0.2) is 19.9 Å². The highest BCUT2D eigenvalue weighted by molar-refractivity contribution is 7.26. The Balaban J connectivity index is 1.19. The van der Waals surface area contributed by atoms with Gasteiger partial charge in [0.05, 0.1) is 0 Å². The van der Waals surface area contributed by atoms with Gasteiger partial charge in [-0.1, -0.05) is 84.9 Å². The molecule has 0 saturated heterocycles. The fourth-order valence-corrected chi connectivity index (χ4v) is 7.61. The van der Waals surface area contributed by atoms with Crippen LogP contribution in [0.1, 0.15) is 0 Å². The molecule has 10 aromatic rings. The second-order valence-corrected chi connectivity index (χ2v) is 12.5. The van der Waals surface area contributed by atoms with Crippen molar-refractivity contribution in [3.05, 3.63) is 133 Å². The average molecular weight is 623 g/mol. The van der Waals surface area contributed by atoms with Crippen LogP contribution in [0.5, 0.6) is 0 Å². The first-order valence-corrected chi connectivity index (χ1v) is 16.1. The number of oxazole rings is 1. The largest absolute Gasteiger partial charge is 0.456 e. The molecule has 0 atom stereocenters. The summed E-state index contributed by atoms with van der Waals surface area (Å²) in [7, 11) is 0. The normalized spacial score (nSPS) is 11.8. The van der Waals surface area contributed by atoms with Crippen LogP contribution in [0.2, 0.25) is 0 Å². The smallest absolute Gasteiger partial charge is 0.227 e. The van der Waals surface area contributed by atoms with Crippen molar-refractivity contribution in [3.63, 3.8) is 0 Å². The van der Waals surface area contributed by atoms with Gasteiger partial charge in [0.1, 0.15) is 16.7 Å². The van der Waals surface area contributed by atoms with Crippen molar-refractivity contribution >= 4 is 64.5 Å². The van der Waals surface area contributed by atoms with E-state index in [1.54, 1.807) is 11.3 Å². The predicted molar refractivity (Wildman–Crippen MR) is 189 cm³/mol. The summed E-state index contributed by atoms with van der Waals surface area (Å²) < 4.78 is 14.9. The SMILES string of the molecule is c1ccc(-c2nc(-c3cccc4c3sc3ccccc34)nc(-c3cccc4oc5cc(-c6nc7ccccc7o6)ccc5c34)n2)cc1. The van der Waals surface area contributed by atoms with Gasteiger partial charge in [0, 0.05) is 53.2 Å². The lowest BCUT2D eigenvalue weighted by Crippen LogP contribution is -2.00. The predicted octanol–water partition coefficient (Wildman–Crippen LogP) is 10.9. The van der Waals surface area contributed by atoms with Gasteiger partial charge in [0.15, 0.2) is 23.1 Å². The van der Waals surface area contributed by atoms with Crippen molar-refractivity contribution in [2.24, 2.45) is 0 Å². The molecule has 47 heavy (non-hydrogen) atoms. The second kappa shape index (κ2) is 10.2. The zero-order chi connectivity index (χ0) is 30.9. The summed E-state index contributed by atoms with van der Waals surface area (Å²) in [5.41, 5.74) is 6.69. The average Bonchev–Trinajstić information content (AvgIpc) is 3.84. The highest BCUT2D eigenvalue weighted by atomic mass is 32.1. The summed E-state index contributed by atoms with van der Waals surface area (Å²) in [6, 6.07) is 44.8. The standard InChI is InChI=1S/C40H22N4O2S/c1-2-10-23(11-3-1)37-42-38(44-39(43-37)29-15-8-13-26-25-12-4-7-19-34(25)47-36(26)29)28-14-9-18-32-35(28)27-21-20-24(22-33(27)45-32)40-41-30-16-5-6-17-31(30)46-40/h1-22H. The number of hydrogen-bond acceptors (Lipinski definition) is 7. The van der Waals surface area contributed by atoms with Crippen LogP contribution in [0.3, 0.4) is 0 Å². The van der Waals surface area contributed by atoms with Crippen LogP contribution in [0.15, 0.2) is 142 Å². The molecule has 10 rings (SSSR count). The molecule has 0 unspecified atom stereocenters. The maximum Gasteiger partial charge on any atom is 0.227 e. The van der Waals surface area contributed by atoms with Crippen LogP contribution >= 0.6 is 11.3 Å². The Labute approximate surface area is 271 Å². The van der Waals surface area contributed by atoms with Crippen molar-refractivity contribution in [2.75, 3.05) is 0 Å². The van der Waals surface area contributed by atoms with Gasteiger partial charge in [0.2, 0.25) is 5.89 Å². The molecule has 4 heterocycles. The molecule has 4 aromatic heterocycles. The minimum Gasteiger partial charge on any atom is -0.456 e. The topological polar surface area (TPSA) is 77.8 Å². The third kappa shape index (κ3) is 4.17. The monoisotopic (exact) mass is 622 g/mol. The maximum atomic E-state index is 6.43. The van der Waals surface area contributed by atoms with Crippen LogP contribution in [-0.4, -0.2) is 19.9 Å². The first kappa shape index (κ1) is 26.1. The van der Waals surface area contributed by atoms with Crippen molar-refractivity contribution < 1.29 is 8.83 Å². The molecule has 0 saturated carbocycles. The van der Waals surface area contributed by atoms with Crippen molar-refractivity contribution in [2.45, 2.75) is 0 Å². The molecule has 0 fully saturated rings. The minimum absolute atomic E-state index is 0.554. The molecule has 0 amide bonds. The zero-order valence-electron chi connectivity index (χ0n) is 24.7. The molecule has 0 aliphatic carbocycles. The van der Waals surface area contributed by atoms with E-state index in [-0.39, 0.29) is 0 Å². The van der Waals surface area contributed by atoms with Gasteiger partial charge in [-0.3, -0.25) is 0 Å². The number of thiophene rings is 1. The van der Waals surface area contributed by atoms with E-state index in [2.05, 4.69) is 59.6 Å². The molecular weight excluding hydrogens is 601 g/mol. The van der Waals surface area contributed by atoms with Crippen LogP contribution in [0, 0.1) is 0 Å². The zero-order valence-corrected chi connectivity index (χ0v) is 25.5. The molecule has 0 aliphatic rings. The summed E-state index contributed by atoms with van der Waals surface area (Å²) in [6.07, 6.45) is 0. The number of para-hydroxylation sites is 2. The lowest BCUT2D eigenvalue weighted by Gasteiger charge is -2.10. The van der Waals surface area contributed by atoms with Gasteiger partial charge in [-0.15, -0.1) is 11.3 Å². The van der Waals surface area contributed by atoms with E-state index in [4.69, 9.17) is 23.8 Å². The van der Waals surface area contributed by atoms with Gasteiger partial charge in [0.25, 0.3) is 0 Å². The number of aromatic nitrogens is 4. The summed E-state index contributed by atoms with van der Waals surface area (Å²) in [6.45, 7) is 0. The summed E-state index contributed by atoms with van der Waals surface area (Å²) in [5.74, 6) is 2.39. The fraction of sp³-hybridized carbons (Fsp3) is 0. The first-order valence-electron chi connectivity index (χ1n) is 15.3.